The standard InChI is InChI=1S/C26H28N6O4S.ClH/c1-30(17-19-6-3-2-4-7-19)25(33)10-9-24-27-23(29-36-24)18-31-11-13-32(14-12-31)26(34)20-16-21(35-28-20)22-8-5-15-37-22;/h2-8,15-16H,9-14,17-18H2,1H3;1H. The van der Waals surface area contributed by atoms with Crippen LogP contribution in [-0.4, -0.2) is 75.0 Å². The zero-order valence-electron chi connectivity index (χ0n) is 21.0. The summed E-state index contributed by atoms with van der Waals surface area (Å²) in [6.45, 7) is 3.62. The highest BCUT2D eigenvalue weighted by atomic mass is 35.5. The highest BCUT2D eigenvalue weighted by Gasteiger charge is 2.26. The van der Waals surface area contributed by atoms with Gasteiger partial charge in [-0.05, 0) is 17.0 Å². The average molecular weight is 557 g/mol. The Morgan fingerprint density at radius 2 is 1.82 bits per heavy atom. The summed E-state index contributed by atoms with van der Waals surface area (Å²) in [4.78, 5) is 36.4. The molecule has 0 radical (unpaired) electrons. The van der Waals surface area contributed by atoms with Crippen molar-refractivity contribution < 1.29 is 18.6 Å². The molecule has 38 heavy (non-hydrogen) atoms. The lowest BCUT2D eigenvalue weighted by Crippen LogP contribution is -2.48. The topological polar surface area (TPSA) is 109 Å². The zero-order valence-corrected chi connectivity index (χ0v) is 22.6. The van der Waals surface area contributed by atoms with Crippen LogP contribution in [0.2, 0.25) is 0 Å². The van der Waals surface area contributed by atoms with Crippen molar-refractivity contribution in [2.45, 2.75) is 25.9 Å². The Bertz CT molecular complexity index is 1320. The van der Waals surface area contributed by atoms with Crippen LogP contribution in [0.15, 0.2) is 63.0 Å². The van der Waals surface area contributed by atoms with E-state index in [1.807, 2.05) is 47.8 Å². The first kappa shape index (κ1) is 27.5. The third kappa shape index (κ3) is 6.85. The molecule has 0 saturated carbocycles. The Kier molecular flexibility index (Phi) is 9.27. The van der Waals surface area contributed by atoms with Gasteiger partial charge in [0.25, 0.3) is 5.91 Å². The van der Waals surface area contributed by atoms with Crippen molar-refractivity contribution in [3.05, 3.63) is 76.9 Å². The maximum Gasteiger partial charge on any atom is 0.276 e. The average Bonchev–Trinajstić information content (AvgIpc) is 3.70. The number of carbonyl (C=O) groups excluding carboxylic acids is 2. The smallest absolute Gasteiger partial charge is 0.276 e. The van der Waals surface area contributed by atoms with E-state index in [1.54, 1.807) is 34.3 Å². The number of amides is 2. The van der Waals surface area contributed by atoms with Gasteiger partial charge in [0, 0.05) is 58.7 Å². The summed E-state index contributed by atoms with van der Waals surface area (Å²) in [5.41, 5.74) is 1.41. The van der Waals surface area contributed by atoms with Gasteiger partial charge in [0.15, 0.2) is 17.3 Å². The normalized spacial score (nSPS) is 13.8. The minimum absolute atomic E-state index is 0. The predicted molar refractivity (Wildman–Crippen MR) is 144 cm³/mol. The van der Waals surface area contributed by atoms with Crippen LogP contribution in [0.25, 0.3) is 10.6 Å². The Hall–Kier alpha value is -3.54. The van der Waals surface area contributed by atoms with Gasteiger partial charge in [0.1, 0.15) is 0 Å². The van der Waals surface area contributed by atoms with E-state index in [-0.39, 0.29) is 24.2 Å². The Balaban J connectivity index is 0.00000336. The Morgan fingerprint density at radius 1 is 1.03 bits per heavy atom. The predicted octanol–water partition coefficient (Wildman–Crippen LogP) is 3.76. The molecule has 0 spiro atoms. The second-order valence-electron chi connectivity index (χ2n) is 8.96. The van der Waals surface area contributed by atoms with Gasteiger partial charge in [0.05, 0.1) is 11.4 Å². The van der Waals surface area contributed by atoms with Gasteiger partial charge in [-0.1, -0.05) is 46.7 Å². The number of aromatic nitrogens is 3. The molecule has 1 aromatic carbocycles. The summed E-state index contributed by atoms with van der Waals surface area (Å²) in [5, 5.41) is 10.00. The number of thiophene rings is 1. The van der Waals surface area contributed by atoms with Crippen LogP contribution >= 0.6 is 23.7 Å². The van der Waals surface area contributed by atoms with Gasteiger partial charge < -0.3 is 18.8 Å². The maximum absolute atomic E-state index is 12.8. The van der Waals surface area contributed by atoms with E-state index < -0.39 is 0 Å². The zero-order chi connectivity index (χ0) is 25.6. The molecule has 10 nitrogen and oxygen atoms in total. The van der Waals surface area contributed by atoms with Crippen LogP contribution in [0.5, 0.6) is 0 Å². The highest BCUT2D eigenvalue weighted by Crippen LogP contribution is 2.25. The number of hydrogen-bond acceptors (Lipinski definition) is 9. The molecule has 0 unspecified atom stereocenters. The van der Waals surface area contributed by atoms with E-state index in [4.69, 9.17) is 9.05 Å². The van der Waals surface area contributed by atoms with Crippen molar-refractivity contribution in [2.24, 2.45) is 0 Å². The first-order valence-corrected chi connectivity index (χ1v) is 13.0. The van der Waals surface area contributed by atoms with Crippen molar-refractivity contribution in [1.29, 1.82) is 0 Å². The number of hydrogen-bond donors (Lipinski definition) is 0. The van der Waals surface area contributed by atoms with Crippen molar-refractivity contribution in [1.82, 2.24) is 30.0 Å². The molecule has 0 atom stereocenters. The third-order valence-corrected chi connectivity index (χ3v) is 7.15. The fourth-order valence-corrected chi connectivity index (χ4v) is 4.86. The number of aryl methyl sites for hydroxylation is 1. The number of halogens is 1. The number of nitrogens with zero attached hydrogens (tertiary/aromatic N) is 6. The van der Waals surface area contributed by atoms with Gasteiger partial charge in [-0.25, -0.2) is 0 Å². The molecule has 0 aliphatic carbocycles. The third-order valence-electron chi connectivity index (χ3n) is 6.27. The van der Waals surface area contributed by atoms with Crippen molar-refractivity contribution >= 4 is 35.6 Å². The van der Waals surface area contributed by atoms with Gasteiger partial charge in [-0.3, -0.25) is 14.5 Å². The fraction of sp³-hybridized carbons (Fsp3) is 0.346. The van der Waals surface area contributed by atoms with E-state index in [1.165, 1.54) is 0 Å². The van der Waals surface area contributed by atoms with Gasteiger partial charge in [-0.2, -0.15) is 4.98 Å². The van der Waals surface area contributed by atoms with Gasteiger partial charge >= 0.3 is 0 Å². The summed E-state index contributed by atoms with van der Waals surface area (Å²) >= 11 is 1.54. The Morgan fingerprint density at radius 3 is 2.55 bits per heavy atom. The molecular weight excluding hydrogens is 528 g/mol. The molecular formula is C26H29ClN6O4S. The van der Waals surface area contributed by atoms with E-state index in [9.17, 15) is 9.59 Å². The number of rotatable bonds is 9. The first-order chi connectivity index (χ1) is 18.0. The van der Waals surface area contributed by atoms with E-state index in [2.05, 4.69) is 20.2 Å². The number of piperazine rings is 1. The van der Waals surface area contributed by atoms with Crippen molar-refractivity contribution in [3.8, 4) is 10.6 Å². The molecule has 4 aromatic rings. The second kappa shape index (κ2) is 12.8. The summed E-state index contributed by atoms with van der Waals surface area (Å²) in [5.74, 6) is 1.54. The lowest BCUT2D eigenvalue weighted by atomic mass is 10.2. The molecule has 0 N–H and O–H groups in total. The summed E-state index contributed by atoms with van der Waals surface area (Å²) in [7, 11) is 1.80. The van der Waals surface area contributed by atoms with Gasteiger partial charge in [0.2, 0.25) is 11.8 Å². The fourth-order valence-electron chi connectivity index (χ4n) is 4.19. The summed E-state index contributed by atoms with van der Waals surface area (Å²) in [6.07, 6.45) is 0.709. The molecule has 1 aliphatic rings. The SMILES string of the molecule is CN(Cc1ccccc1)C(=O)CCc1nc(CN2CCN(C(=O)c3cc(-c4cccs4)on3)CC2)no1.Cl. The van der Waals surface area contributed by atoms with Crippen LogP contribution < -0.4 is 0 Å². The van der Waals surface area contributed by atoms with Crippen LogP contribution in [0, 0.1) is 0 Å². The molecule has 3 aromatic heterocycles. The van der Waals surface area contributed by atoms with Crippen LogP contribution in [0.4, 0.5) is 0 Å². The molecule has 200 valence electrons. The second-order valence-corrected chi connectivity index (χ2v) is 9.91. The van der Waals surface area contributed by atoms with Crippen molar-refractivity contribution in [3.63, 3.8) is 0 Å². The van der Waals surface area contributed by atoms with Crippen LogP contribution in [0.3, 0.4) is 0 Å². The van der Waals surface area contributed by atoms with E-state index >= 15 is 0 Å². The monoisotopic (exact) mass is 556 g/mol. The highest BCUT2D eigenvalue weighted by molar-refractivity contribution is 7.13. The molecule has 1 saturated heterocycles. The largest absolute Gasteiger partial charge is 0.355 e. The maximum atomic E-state index is 12.8. The number of benzene rings is 1. The van der Waals surface area contributed by atoms with Crippen molar-refractivity contribution in [2.75, 3.05) is 33.2 Å². The molecule has 5 rings (SSSR count). The lowest BCUT2D eigenvalue weighted by Gasteiger charge is -2.33. The molecule has 0 bridgehead atoms. The molecule has 4 heterocycles. The molecule has 2 amide bonds. The minimum Gasteiger partial charge on any atom is -0.355 e. The van der Waals surface area contributed by atoms with E-state index in [0.29, 0.717) is 75.3 Å². The summed E-state index contributed by atoms with van der Waals surface area (Å²) in [6, 6.07) is 15.4. The first-order valence-electron chi connectivity index (χ1n) is 12.2. The molecule has 12 heteroatoms. The quantitative estimate of drug-likeness (QED) is 0.306. The molecule has 1 aliphatic heterocycles. The lowest BCUT2D eigenvalue weighted by molar-refractivity contribution is -0.130. The van der Waals surface area contributed by atoms with Crippen LogP contribution in [0.1, 0.15) is 34.2 Å². The number of carbonyl (C=O) groups is 2. The van der Waals surface area contributed by atoms with E-state index in [0.717, 1.165) is 10.4 Å². The Labute approximate surface area is 230 Å². The van der Waals surface area contributed by atoms with Crippen LogP contribution in [-0.2, 0) is 24.3 Å². The molecule has 1 fully saturated rings. The summed E-state index contributed by atoms with van der Waals surface area (Å²) < 4.78 is 10.7. The van der Waals surface area contributed by atoms with Gasteiger partial charge in [-0.15, -0.1) is 23.7 Å². The minimum atomic E-state index is -0.130.